The normalized spacial score (nSPS) is 39.2. The fourth-order valence-corrected chi connectivity index (χ4v) is 1.95. The first kappa shape index (κ1) is 8.75. The zero-order valence-electron chi connectivity index (χ0n) is 7.86. The number of allylic oxidation sites excluding steroid dienone is 2. The van der Waals surface area contributed by atoms with Crippen molar-refractivity contribution >= 4 is 6.21 Å². The zero-order chi connectivity index (χ0) is 9.31. The van der Waals surface area contributed by atoms with E-state index in [2.05, 4.69) is 18.2 Å². The van der Waals surface area contributed by atoms with Gasteiger partial charge in [-0.2, -0.15) is 0 Å². The molecule has 0 spiro atoms. The molecule has 1 fully saturated rings. The van der Waals surface area contributed by atoms with Crippen molar-refractivity contribution in [2.24, 2.45) is 11.1 Å². The van der Waals surface area contributed by atoms with E-state index in [-0.39, 0.29) is 5.60 Å². The van der Waals surface area contributed by atoms with Crippen LogP contribution in [-0.2, 0) is 4.74 Å². The molecule has 2 rings (SSSR count). The predicted molar refractivity (Wildman–Crippen MR) is 50.1 cm³/mol. The third-order valence-electron chi connectivity index (χ3n) is 3.13. The lowest BCUT2D eigenvalue weighted by Gasteiger charge is -2.23. The number of rotatable bonds is 2. The molecular formula is C10H15NO2. The summed E-state index contributed by atoms with van der Waals surface area (Å²) in [5, 5.41) is 11.4. The van der Waals surface area contributed by atoms with Gasteiger partial charge in [-0.15, -0.1) is 0 Å². The lowest BCUT2D eigenvalue weighted by molar-refractivity contribution is 0.221. The molecule has 0 saturated carbocycles. The molecule has 13 heavy (non-hydrogen) atoms. The maximum absolute atomic E-state index is 8.36. The van der Waals surface area contributed by atoms with Crippen LogP contribution in [-0.4, -0.2) is 23.6 Å². The molecule has 1 aliphatic heterocycles. The SMILES string of the molecule is CC1(C2CC=C(C=NO)CC2)CO1. The van der Waals surface area contributed by atoms with E-state index in [1.165, 1.54) is 6.21 Å². The second-order valence-electron chi connectivity index (χ2n) is 4.10. The molecule has 0 aromatic carbocycles. The molecule has 2 atom stereocenters. The summed E-state index contributed by atoms with van der Waals surface area (Å²) in [7, 11) is 0. The molecule has 2 aliphatic rings. The van der Waals surface area contributed by atoms with E-state index in [9.17, 15) is 0 Å². The number of epoxide rings is 1. The molecule has 1 aliphatic carbocycles. The molecule has 1 saturated heterocycles. The Kier molecular flexibility index (Phi) is 2.12. The van der Waals surface area contributed by atoms with Gasteiger partial charge in [-0.25, -0.2) is 0 Å². The fraction of sp³-hybridized carbons (Fsp3) is 0.700. The summed E-state index contributed by atoms with van der Waals surface area (Å²) in [4.78, 5) is 0. The number of ether oxygens (including phenoxy) is 1. The van der Waals surface area contributed by atoms with Gasteiger partial charge >= 0.3 is 0 Å². The van der Waals surface area contributed by atoms with E-state index >= 15 is 0 Å². The van der Waals surface area contributed by atoms with Gasteiger partial charge in [0.1, 0.15) is 0 Å². The summed E-state index contributed by atoms with van der Waals surface area (Å²) in [6.45, 7) is 3.09. The maximum atomic E-state index is 8.36. The molecule has 3 nitrogen and oxygen atoms in total. The summed E-state index contributed by atoms with van der Waals surface area (Å²) in [5.74, 6) is 0.656. The quantitative estimate of drug-likeness (QED) is 0.306. The van der Waals surface area contributed by atoms with Gasteiger partial charge in [-0.05, 0) is 37.7 Å². The van der Waals surface area contributed by atoms with Crippen molar-refractivity contribution in [3.8, 4) is 0 Å². The van der Waals surface area contributed by atoms with Gasteiger partial charge in [0.15, 0.2) is 0 Å². The topological polar surface area (TPSA) is 45.1 Å². The minimum Gasteiger partial charge on any atom is -0.411 e. The Bertz CT molecular complexity index is 254. The highest BCUT2D eigenvalue weighted by Gasteiger charge is 2.46. The molecule has 0 amide bonds. The number of oxime groups is 1. The second kappa shape index (κ2) is 3.14. The highest BCUT2D eigenvalue weighted by atomic mass is 16.6. The Morgan fingerprint density at radius 1 is 1.77 bits per heavy atom. The van der Waals surface area contributed by atoms with Gasteiger partial charge in [0.2, 0.25) is 0 Å². The lowest BCUT2D eigenvalue weighted by atomic mass is 9.82. The van der Waals surface area contributed by atoms with Crippen molar-refractivity contribution in [2.45, 2.75) is 31.8 Å². The minimum atomic E-state index is 0.151. The van der Waals surface area contributed by atoms with Crippen LogP contribution in [0.25, 0.3) is 0 Å². The first-order chi connectivity index (χ1) is 6.24. The first-order valence-corrected chi connectivity index (χ1v) is 4.75. The molecule has 0 aromatic rings. The van der Waals surface area contributed by atoms with E-state index in [1.807, 2.05) is 0 Å². The Morgan fingerprint density at radius 3 is 3.00 bits per heavy atom. The van der Waals surface area contributed by atoms with Gasteiger partial charge in [0.05, 0.1) is 18.4 Å². The van der Waals surface area contributed by atoms with Crippen molar-refractivity contribution in [1.29, 1.82) is 0 Å². The van der Waals surface area contributed by atoms with Gasteiger partial charge < -0.3 is 9.94 Å². The Labute approximate surface area is 78.1 Å². The van der Waals surface area contributed by atoms with E-state index in [4.69, 9.17) is 9.94 Å². The van der Waals surface area contributed by atoms with E-state index in [0.717, 1.165) is 31.4 Å². The third-order valence-corrected chi connectivity index (χ3v) is 3.13. The molecule has 2 unspecified atom stereocenters. The molecule has 72 valence electrons. The summed E-state index contributed by atoms with van der Waals surface area (Å²) >= 11 is 0. The van der Waals surface area contributed by atoms with E-state index < -0.39 is 0 Å². The predicted octanol–water partition coefficient (Wildman–Crippen LogP) is 1.96. The lowest BCUT2D eigenvalue weighted by Crippen LogP contribution is -2.22. The molecule has 3 heteroatoms. The van der Waals surface area contributed by atoms with Crippen LogP contribution in [0, 0.1) is 5.92 Å². The van der Waals surface area contributed by atoms with Gasteiger partial charge in [0.25, 0.3) is 0 Å². The molecular weight excluding hydrogens is 166 g/mol. The summed E-state index contributed by atoms with van der Waals surface area (Å²) in [6.07, 6.45) is 6.90. The zero-order valence-corrected chi connectivity index (χ0v) is 7.86. The van der Waals surface area contributed by atoms with Gasteiger partial charge in [-0.3, -0.25) is 0 Å². The van der Waals surface area contributed by atoms with Crippen LogP contribution >= 0.6 is 0 Å². The third kappa shape index (κ3) is 1.75. The van der Waals surface area contributed by atoms with E-state index in [0.29, 0.717) is 5.92 Å². The van der Waals surface area contributed by atoms with Gasteiger partial charge in [0, 0.05) is 0 Å². The summed E-state index contributed by atoms with van der Waals surface area (Å²) < 4.78 is 5.42. The highest BCUT2D eigenvalue weighted by molar-refractivity contribution is 5.78. The van der Waals surface area contributed by atoms with Crippen LogP contribution in [0.5, 0.6) is 0 Å². The van der Waals surface area contributed by atoms with Crippen molar-refractivity contribution in [1.82, 2.24) is 0 Å². The van der Waals surface area contributed by atoms with E-state index in [1.54, 1.807) is 0 Å². The molecule has 0 radical (unpaired) electrons. The van der Waals surface area contributed by atoms with Crippen molar-refractivity contribution in [3.05, 3.63) is 11.6 Å². The standard InChI is InChI=1S/C10H15NO2/c1-10(7-13-10)9-4-2-8(3-5-9)6-11-12/h2,6,9,12H,3-5,7H2,1H3. The van der Waals surface area contributed by atoms with Crippen LogP contribution < -0.4 is 0 Å². The monoisotopic (exact) mass is 181 g/mol. The largest absolute Gasteiger partial charge is 0.411 e. The van der Waals surface area contributed by atoms with Crippen LogP contribution in [0.2, 0.25) is 0 Å². The van der Waals surface area contributed by atoms with Crippen molar-refractivity contribution in [2.75, 3.05) is 6.61 Å². The smallest absolute Gasteiger partial charge is 0.0919 e. The summed E-state index contributed by atoms with van der Waals surface area (Å²) in [6, 6.07) is 0. The van der Waals surface area contributed by atoms with Crippen LogP contribution in [0.15, 0.2) is 16.8 Å². The van der Waals surface area contributed by atoms with Crippen LogP contribution in [0.3, 0.4) is 0 Å². The molecule has 1 N–H and O–H groups in total. The Morgan fingerprint density at radius 2 is 2.54 bits per heavy atom. The van der Waals surface area contributed by atoms with Gasteiger partial charge in [-0.1, -0.05) is 11.2 Å². The van der Waals surface area contributed by atoms with Crippen molar-refractivity contribution < 1.29 is 9.94 Å². The number of nitrogens with zero attached hydrogens (tertiary/aromatic N) is 1. The second-order valence-corrected chi connectivity index (χ2v) is 4.10. The fourth-order valence-electron chi connectivity index (χ4n) is 1.95. The average molecular weight is 181 g/mol. The van der Waals surface area contributed by atoms with Crippen LogP contribution in [0.1, 0.15) is 26.2 Å². The first-order valence-electron chi connectivity index (χ1n) is 4.75. The maximum Gasteiger partial charge on any atom is 0.0919 e. The number of hydrogen-bond donors (Lipinski definition) is 1. The minimum absolute atomic E-state index is 0.151. The Hall–Kier alpha value is -0.830. The Balaban J connectivity index is 1.95. The van der Waals surface area contributed by atoms with Crippen molar-refractivity contribution in [3.63, 3.8) is 0 Å². The number of hydrogen-bond acceptors (Lipinski definition) is 3. The van der Waals surface area contributed by atoms with Crippen LogP contribution in [0.4, 0.5) is 0 Å². The highest BCUT2D eigenvalue weighted by Crippen LogP contribution is 2.41. The average Bonchev–Trinajstić information content (AvgIpc) is 2.87. The molecule has 1 heterocycles. The molecule has 0 bridgehead atoms. The summed E-state index contributed by atoms with van der Waals surface area (Å²) in [5.41, 5.74) is 1.29. The molecule has 0 aromatic heterocycles.